The van der Waals surface area contributed by atoms with Crippen LogP contribution in [0.25, 0.3) is 0 Å². The van der Waals surface area contributed by atoms with E-state index in [0.717, 1.165) is 26.5 Å². The van der Waals surface area contributed by atoms with E-state index in [0.29, 0.717) is 4.90 Å². The lowest BCUT2D eigenvalue weighted by molar-refractivity contribution is 0.287. The van der Waals surface area contributed by atoms with E-state index in [1.807, 2.05) is 11.8 Å². The number of hydrogen-bond acceptors (Lipinski definition) is 7. The molecule has 0 saturated carbocycles. The Kier molecular flexibility index (Phi) is 16.6. The molecular weight excluding hydrogens is 1190 g/mol. The van der Waals surface area contributed by atoms with Crippen molar-refractivity contribution in [2.24, 2.45) is 0 Å². The molecule has 0 aliphatic heterocycles. The van der Waals surface area contributed by atoms with Gasteiger partial charge in [0.25, 0.3) is 0 Å². The minimum atomic E-state index is -3.14. The van der Waals surface area contributed by atoms with Crippen LogP contribution in [0.2, 0.25) is 0 Å². The van der Waals surface area contributed by atoms with E-state index in [9.17, 15) is 0 Å². The molecule has 0 bridgehead atoms. The molecule has 0 aliphatic rings. The van der Waals surface area contributed by atoms with Crippen LogP contribution in [0.4, 0.5) is 0 Å². The zero-order chi connectivity index (χ0) is 128. The smallest absolute Gasteiger partial charge is 0.0626 e. The minimum Gasteiger partial charge on any atom is -0.292 e. The van der Waals surface area contributed by atoms with Crippen LogP contribution >= 0.6 is 0 Å². The number of benzene rings is 7. The Morgan fingerprint density at radius 2 is 0.510 bits per heavy atom. The summed E-state index contributed by atoms with van der Waals surface area (Å²) in [6, 6.07) is -29.3. The molecule has 0 aromatic heterocycles. The molecule has 0 aliphatic carbocycles. The van der Waals surface area contributed by atoms with Crippen LogP contribution in [-0.4, -0.2) is 171 Å². The van der Waals surface area contributed by atoms with Gasteiger partial charge >= 0.3 is 0 Å². The molecule has 7 heteroatoms. The first-order chi connectivity index (χ1) is 72.7. The summed E-state index contributed by atoms with van der Waals surface area (Å²) in [6.07, 6.45) is 27.2. The van der Waals surface area contributed by atoms with Gasteiger partial charge in [0, 0.05) is 71.0 Å². The molecule has 7 aromatic rings. The fourth-order valence-corrected chi connectivity index (χ4v) is 6.28. The van der Waals surface area contributed by atoms with Crippen molar-refractivity contribution in [1.29, 1.82) is 0 Å². The summed E-state index contributed by atoms with van der Waals surface area (Å²) in [5.74, 6) is 14.0. The van der Waals surface area contributed by atoms with Crippen molar-refractivity contribution in [3.8, 4) is 86.4 Å². The second kappa shape index (κ2) is 55.2. The van der Waals surface area contributed by atoms with Gasteiger partial charge in [-0.25, -0.2) is 0 Å². The maximum atomic E-state index is 8.30. The van der Waals surface area contributed by atoms with Gasteiger partial charge in [-0.1, -0.05) is 253 Å². The van der Waals surface area contributed by atoms with Crippen molar-refractivity contribution < 1.29 is 87.7 Å². The molecule has 7 nitrogen and oxygen atoms in total. The van der Waals surface area contributed by atoms with E-state index in [1.54, 1.807) is 30.7 Å². The second-order valence-electron chi connectivity index (χ2n) is 19.3. The maximum Gasteiger partial charge on any atom is 0.0626 e. The Bertz CT molecular complexity index is 6640. The van der Waals surface area contributed by atoms with Gasteiger partial charge in [-0.05, 0) is 181 Å². The molecule has 0 heterocycles. The van der Waals surface area contributed by atoms with Crippen molar-refractivity contribution >= 4 is 0 Å². The quantitative estimate of drug-likeness (QED) is 0.0450. The summed E-state index contributed by atoms with van der Waals surface area (Å²) >= 11 is 0. The topological polar surface area (TPSA) is 22.7 Å². The monoisotopic (exact) mass is 1370 g/mol. The first kappa shape index (κ1) is 29.6. The molecule has 0 amide bonds. The highest BCUT2D eigenvalue weighted by atomic mass is 15.1. The summed E-state index contributed by atoms with van der Waals surface area (Å²) in [4.78, 5) is 5.68. The highest BCUT2D eigenvalue weighted by Gasteiger charge is 2.13. The molecule has 7 aromatic carbocycles. The van der Waals surface area contributed by atoms with E-state index in [-0.39, 0.29) is 109 Å². The van der Waals surface area contributed by atoms with Gasteiger partial charge in [0.1, 0.15) is 0 Å². The fraction of sp³-hybridized carbons (Fsp3) is 0.385. The SMILES string of the molecule is [2H]c1c([2H])c([2H])c(C([2H])([2H])[C@@H](C)N(C([2H])([2H])[2H])C([2H])([2H])C#C)c([2H])c1[2H].[2H]c1c([2H])c([2H])c(C([2H])([2H])[C@@H](C)N(C)C([2H])([2H])C#C)c([2H])c1[2H].[2H]c1c([2H])c([2H])c(C([2H])([2H])[C@@H](C)N(CC#C)C([2H])([2H])[2H])c([2H])c1[2H].[2H]c1c([2H])c([2H])c(C[C@@H](C)N(C([2H])([2H])[2H])C([2H])([2H])C#C)c([2H])c1[2H].[2H]c1c([2H])c([2H])c(C[C@@]([2H])(C)N(C)C([2H])([2H])C#C)c([2H])c1[2H].[2H]c1c([2H])c([2H])c(C[C@@]([2H])(C)N(C)CC#C)c([2H])c1[2H].[2H]c1c([2H])c([2H])c(C[C@@]([2H])(C)N(CC#C)C([2H])([2H])[2H])c([2H])c1[2H]. The first-order valence-corrected chi connectivity index (χ1v) is 28.7. The minimum absolute atomic E-state index is 0.000880. The van der Waals surface area contributed by atoms with E-state index in [1.165, 1.54) is 48.7 Å². The van der Waals surface area contributed by atoms with Crippen LogP contribution < -0.4 is 0 Å². The van der Waals surface area contributed by atoms with E-state index in [2.05, 4.69) is 17.8 Å². The summed E-state index contributed by atoms with van der Waals surface area (Å²) in [5, 5.41) is 0. The molecule has 0 radical (unpaired) electrons. The Morgan fingerprint density at radius 3 is 0.816 bits per heavy atom. The van der Waals surface area contributed by atoms with Gasteiger partial charge in [-0.2, -0.15) is 0 Å². The van der Waals surface area contributed by atoms with Crippen molar-refractivity contribution in [1.82, 2.24) is 34.3 Å². The zero-order valence-corrected chi connectivity index (χ0v) is 55.9. The predicted molar refractivity (Wildman–Crippen MR) is 427 cm³/mol. The molecule has 0 N–H and O–H groups in total. The zero-order valence-electron chi connectivity index (χ0n) is 120. The Labute approximate surface area is 689 Å². The molecule has 7 atom stereocenters. The largest absolute Gasteiger partial charge is 0.292 e. The van der Waals surface area contributed by atoms with Crippen LogP contribution in [0.1, 0.15) is 175 Å². The number of hydrogen-bond donors (Lipinski definition) is 0. The van der Waals surface area contributed by atoms with Gasteiger partial charge in [0.2, 0.25) is 0 Å². The van der Waals surface area contributed by atoms with Gasteiger partial charge in [-0.15, -0.1) is 45.0 Å². The van der Waals surface area contributed by atoms with Crippen LogP contribution in [0, 0.1) is 86.4 Å². The van der Waals surface area contributed by atoms with Gasteiger partial charge < -0.3 is 0 Å². The van der Waals surface area contributed by atoms with Crippen molar-refractivity contribution in [3.05, 3.63) is 250 Å². The van der Waals surface area contributed by atoms with Crippen LogP contribution in [0.5, 0.6) is 0 Å². The Hall–Kier alpha value is -8.82. The molecule has 0 saturated heterocycles. The molecule has 7 rings (SSSR count). The average Bonchev–Trinajstić information content (AvgIpc) is 0.744. The van der Waals surface area contributed by atoms with E-state index >= 15 is 0 Å². The molecule has 518 valence electrons. The van der Waals surface area contributed by atoms with Gasteiger partial charge in [-0.3, -0.25) is 34.3 Å². The molecule has 0 unspecified atom stereocenters. The summed E-state index contributed by atoms with van der Waals surface area (Å²) in [7, 11) is 4.27. The van der Waals surface area contributed by atoms with E-state index < -0.39 is 307 Å². The second-order valence-corrected chi connectivity index (χ2v) is 19.3. The first-order valence-electron chi connectivity index (χ1n) is 60.7. The highest BCUT2D eigenvalue weighted by Crippen LogP contribution is 2.13. The van der Waals surface area contributed by atoms with Crippen LogP contribution in [0.15, 0.2) is 211 Å². The summed E-state index contributed by atoms with van der Waals surface area (Å²) in [6.45, 7) is -12.4. The third-order valence-electron chi connectivity index (χ3n) is 11.8. The normalized spacial score (nSPS) is 24.3. The van der Waals surface area contributed by atoms with Gasteiger partial charge in [0.05, 0.1) is 105 Å². The van der Waals surface area contributed by atoms with Crippen molar-refractivity contribution in [2.45, 2.75) is 135 Å². The molecular formula is C91H119N7. The predicted octanol–water partition coefficient (Wildman–Crippen LogP) is 15.3. The number of nitrogens with zero attached hydrogens (tertiary/aromatic N) is 7. The lowest BCUT2D eigenvalue weighted by Crippen LogP contribution is -2.31. The Balaban J connectivity index is 0.000000946. The standard InChI is InChI=1S/7C13H17N/c7*1-4-10-14(3)12(2)11-13-8-6-5-7-9-13/h7*1,5-9,12H,10-11H2,2-3H3/t7*12-/m1111111/s1/i3D3,5D,6D,7D,8D,9D,10D2,11D2;5D,6D,7D,8D,9D,10D2,12D;5D,6D,7D,8D,9D,10D2,11D2;3D3,5D,6D,7D,8D,9D,12D;3D3,5D,6D,7D,8D,9D,11D2;3D3,5D,6D,7D,8D,9D,10D2;5D,6D,7D,8D,9D,12D. The van der Waals surface area contributed by atoms with Crippen molar-refractivity contribution in [3.63, 3.8) is 0 Å². The number of likely N-dealkylation sites (N-methyl/N-ethyl adjacent to an activating group) is 7. The average molecular weight is 1380 g/mol. The molecule has 98 heavy (non-hydrogen) atoms. The number of rotatable bonds is 28. The van der Waals surface area contributed by atoms with Gasteiger partial charge in [0.15, 0.2) is 0 Å². The third kappa shape index (κ3) is 42.0. The summed E-state index contributed by atoms with van der Waals surface area (Å²) < 4.78 is 495. The van der Waals surface area contributed by atoms with Crippen LogP contribution in [-0.2, 0) is 44.8 Å². The summed E-state index contributed by atoms with van der Waals surface area (Å²) in [5.41, 5.74) is -1.98. The lowest BCUT2D eigenvalue weighted by atomic mass is 10.1. The Morgan fingerprint density at radius 1 is 0.286 bits per heavy atom. The van der Waals surface area contributed by atoms with Crippen LogP contribution in [0.3, 0.4) is 0 Å². The number of terminal acetylenes is 7. The van der Waals surface area contributed by atoms with E-state index in [4.69, 9.17) is 133 Å². The fourth-order valence-electron chi connectivity index (χ4n) is 6.28. The highest BCUT2D eigenvalue weighted by molar-refractivity contribution is 5.21. The third-order valence-corrected chi connectivity index (χ3v) is 11.8. The van der Waals surface area contributed by atoms with Crippen molar-refractivity contribution in [2.75, 3.05) is 94.7 Å². The molecule has 0 spiro atoms. The molecule has 0 fully saturated rings. The maximum absolute atomic E-state index is 8.30. The lowest BCUT2D eigenvalue weighted by Gasteiger charge is -2.22.